The van der Waals surface area contributed by atoms with Crippen LogP contribution in [0.2, 0.25) is 0 Å². The molecule has 25 heavy (non-hydrogen) atoms. The largest absolute Gasteiger partial charge is 0.300 e. The monoisotopic (exact) mass is 393 g/mol. The fraction of sp³-hybridized carbons (Fsp3) is 0.438. The molecule has 1 amide bonds. The fourth-order valence-electron chi connectivity index (χ4n) is 2.50. The number of amides is 1. The summed E-state index contributed by atoms with van der Waals surface area (Å²) in [7, 11) is 0. The minimum absolute atomic E-state index is 0.0989. The number of nitrogens with one attached hydrogen (secondary N) is 1. The number of hydrogen-bond donors (Lipinski definition) is 1. The Kier molecular flexibility index (Phi) is 5.65. The molecule has 9 heteroatoms. The van der Waals surface area contributed by atoms with E-state index in [-0.39, 0.29) is 11.7 Å². The second kappa shape index (κ2) is 7.76. The van der Waals surface area contributed by atoms with Gasteiger partial charge in [-0.2, -0.15) is 0 Å². The zero-order valence-electron chi connectivity index (χ0n) is 14.5. The molecule has 0 saturated carbocycles. The van der Waals surface area contributed by atoms with Crippen LogP contribution in [0.3, 0.4) is 0 Å². The molecule has 0 spiro atoms. The Hall–Kier alpha value is -1.58. The van der Waals surface area contributed by atoms with Gasteiger partial charge in [-0.15, -0.1) is 21.5 Å². The first-order valence-electron chi connectivity index (χ1n) is 8.03. The van der Waals surface area contributed by atoms with Gasteiger partial charge in [-0.3, -0.25) is 10.1 Å². The van der Waals surface area contributed by atoms with Gasteiger partial charge in [0.05, 0.1) is 5.75 Å². The summed E-state index contributed by atoms with van der Waals surface area (Å²) < 4.78 is 0. The topological polar surface area (TPSA) is 80.7 Å². The quantitative estimate of drug-likeness (QED) is 0.503. The van der Waals surface area contributed by atoms with Crippen LogP contribution in [0, 0.1) is 13.8 Å². The van der Waals surface area contributed by atoms with E-state index in [0.717, 1.165) is 38.9 Å². The van der Waals surface area contributed by atoms with Gasteiger partial charge in [-0.25, -0.2) is 9.97 Å². The maximum atomic E-state index is 12.2. The Morgan fingerprint density at radius 3 is 2.60 bits per heavy atom. The zero-order chi connectivity index (χ0) is 18.0. The van der Waals surface area contributed by atoms with Crippen LogP contribution in [-0.4, -0.2) is 31.8 Å². The van der Waals surface area contributed by atoms with E-state index < -0.39 is 0 Å². The van der Waals surface area contributed by atoms with Crippen LogP contribution in [0.15, 0.2) is 5.03 Å². The van der Waals surface area contributed by atoms with Crippen molar-refractivity contribution in [2.75, 3.05) is 11.1 Å². The molecule has 0 fully saturated rings. The third-order valence-corrected chi connectivity index (χ3v) is 6.64. The lowest BCUT2D eigenvalue weighted by atomic mass is 10.1. The van der Waals surface area contributed by atoms with E-state index in [9.17, 15) is 4.79 Å². The van der Waals surface area contributed by atoms with Gasteiger partial charge in [-0.1, -0.05) is 36.9 Å². The van der Waals surface area contributed by atoms with Crippen LogP contribution in [0.25, 0.3) is 10.2 Å². The first-order valence-corrected chi connectivity index (χ1v) is 10.6. The van der Waals surface area contributed by atoms with Crippen molar-refractivity contribution in [2.24, 2.45) is 0 Å². The number of hydrogen-bond acceptors (Lipinski definition) is 8. The summed E-state index contributed by atoms with van der Waals surface area (Å²) in [6.07, 6.45) is 1.75. The molecule has 132 valence electrons. The summed E-state index contributed by atoms with van der Waals surface area (Å²) in [6.45, 7) is 8.15. The highest BCUT2D eigenvalue weighted by Gasteiger charge is 2.17. The van der Waals surface area contributed by atoms with E-state index in [1.165, 1.54) is 33.5 Å². The summed E-state index contributed by atoms with van der Waals surface area (Å²) in [6, 6.07) is 0. The molecule has 0 unspecified atom stereocenters. The molecule has 0 saturated heterocycles. The number of rotatable bonds is 6. The fourth-order valence-corrected chi connectivity index (χ4v) is 5.32. The predicted molar refractivity (Wildman–Crippen MR) is 105 cm³/mol. The summed E-state index contributed by atoms with van der Waals surface area (Å²) in [4.78, 5) is 23.6. The Morgan fingerprint density at radius 1 is 1.12 bits per heavy atom. The van der Waals surface area contributed by atoms with Crippen LogP contribution >= 0.6 is 34.4 Å². The highest BCUT2D eigenvalue weighted by Crippen LogP contribution is 2.36. The molecule has 0 bridgehead atoms. The first-order chi connectivity index (χ1) is 12.0. The first kappa shape index (κ1) is 18.2. The minimum Gasteiger partial charge on any atom is -0.300 e. The number of fused-ring (bicyclic) bond motifs is 1. The van der Waals surface area contributed by atoms with Crippen LogP contribution in [0.1, 0.15) is 35.1 Å². The van der Waals surface area contributed by atoms with E-state index in [0.29, 0.717) is 5.13 Å². The van der Waals surface area contributed by atoms with Gasteiger partial charge in [0.2, 0.25) is 11.0 Å². The highest BCUT2D eigenvalue weighted by molar-refractivity contribution is 8.00. The normalized spacial score (nSPS) is 11.2. The standard InChI is InChI=1S/C16H19N5OS3/c1-5-10-8(3)24-15-13(10)14(17-9(4)18-15)23-7-11(22)19-16-21-20-12(6-2)25-16/h5-7H2,1-4H3,(H,19,21,22). The molecule has 0 aromatic carbocycles. The average molecular weight is 394 g/mol. The lowest BCUT2D eigenvalue weighted by molar-refractivity contribution is -0.113. The van der Waals surface area contributed by atoms with Gasteiger partial charge in [-0.05, 0) is 32.3 Å². The molecule has 3 rings (SSSR count). The molecule has 0 radical (unpaired) electrons. The van der Waals surface area contributed by atoms with Crippen molar-refractivity contribution in [3.8, 4) is 0 Å². The summed E-state index contributed by atoms with van der Waals surface area (Å²) in [5.74, 6) is 0.916. The molecule has 3 aromatic rings. The molecule has 3 heterocycles. The van der Waals surface area contributed by atoms with Crippen LogP contribution < -0.4 is 5.32 Å². The zero-order valence-corrected chi connectivity index (χ0v) is 17.0. The van der Waals surface area contributed by atoms with Crippen LogP contribution in [0.4, 0.5) is 5.13 Å². The maximum absolute atomic E-state index is 12.2. The van der Waals surface area contributed by atoms with Gasteiger partial charge in [0.15, 0.2) is 0 Å². The molecular weight excluding hydrogens is 374 g/mol. The number of aryl methyl sites for hydroxylation is 4. The minimum atomic E-state index is -0.0989. The second-order valence-corrected chi connectivity index (χ2v) is 8.67. The number of aromatic nitrogens is 4. The third-order valence-electron chi connectivity index (χ3n) is 3.64. The average Bonchev–Trinajstić information content (AvgIpc) is 3.15. The number of carbonyl (C=O) groups excluding carboxylic acids is 1. The van der Waals surface area contributed by atoms with Gasteiger partial charge in [0.1, 0.15) is 20.7 Å². The van der Waals surface area contributed by atoms with Gasteiger partial charge in [0.25, 0.3) is 0 Å². The van der Waals surface area contributed by atoms with E-state index >= 15 is 0 Å². The molecule has 6 nitrogen and oxygen atoms in total. The smallest absolute Gasteiger partial charge is 0.236 e. The Balaban J connectivity index is 1.77. The molecule has 3 aromatic heterocycles. The van der Waals surface area contributed by atoms with Crippen molar-refractivity contribution in [3.05, 3.63) is 21.3 Å². The van der Waals surface area contributed by atoms with Crippen molar-refractivity contribution < 1.29 is 4.79 Å². The Bertz CT molecular complexity index is 918. The third kappa shape index (κ3) is 3.99. The van der Waals surface area contributed by atoms with Gasteiger partial charge < -0.3 is 0 Å². The van der Waals surface area contributed by atoms with E-state index in [4.69, 9.17) is 0 Å². The SMILES string of the molecule is CCc1nnc(NC(=O)CSc2nc(C)nc3sc(C)c(CC)c23)s1. The maximum Gasteiger partial charge on any atom is 0.236 e. The summed E-state index contributed by atoms with van der Waals surface area (Å²) >= 11 is 4.55. The number of thioether (sulfide) groups is 1. The van der Waals surface area contributed by atoms with Crippen molar-refractivity contribution >= 4 is 55.7 Å². The number of anilines is 1. The second-order valence-electron chi connectivity index (χ2n) is 5.44. The highest BCUT2D eigenvalue weighted by atomic mass is 32.2. The van der Waals surface area contributed by atoms with Crippen LogP contribution in [-0.2, 0) is 17.6 Å². The van der Waals surface area contributed by atoms with Crippen molar-refractivity contribution in [1.82, 2.24) is 20.2 Å². The summed E-state index contributed by atoms with van der Waals surface area (Å²) in [5.41, 5.74) is 1.28. The van der Waals surface area contributed by atoms with Crippen molar-refractivity contribution in [3.63, 3.8) is 0 Å². The lowest BCUT2D eigenvalue weighted by Crippen LogP contribution is -2.14. The van der Waals surface area contributed by atoms with Gasteiger partial charge in [0, 0.05) is 10.3 Å². The van der Waals surface area contributed by atoms with Crippen molar-refractivity contribution in [1.29, 1.82) is 0 Å². The van der Waals surface area contributed by atoms with E-state index in [1.54, 1.807) is 11.3 Å². The number of carbonyl (C=O) groups is 1. The number of nitrogens with zero attached hydrogens (tertiary/aromatic N) is 4. The van der Waals surface area contributed by atoms with Gasteiger partial charge >= 0.3 is 0 Å². The summed E-state index contributed by atoms with van der Waals surface area (Å²) in [5, 5.41) is 14.2. The Labute approximate surface area is 158 Å². The molecule has 0 aliphatic heterocycles. The molecular formula is C16H19N5OS3. The van der Waals surface area contributed by atoms with Crippen molar-refractivity contribution in [2.45, 2.75) is 45.6 Å². The molecule has 0 atom stereocenters. The van der Waals surface area contributed by atoms with Crippen LogP contribution in [0.5, 0.6) is 0 Å². The van der Waals surface area contributed by atoms with E-state index in [2.05, 4.69) is 39.3 Å². The van der Waals surface area contributed by atoms with E-state index in [1.807, 2.05) is 13.8 Å². The molecule has 0 aliphatic rings. The predicted octanol–water partition coefficient (Wildman–Crippen LogP) is 4.02. The lowest BCUT2D eigenvalue weighted by Gasteiger charge is -2.06. The molecule has 1 N–H and O–H groups in total. The Morgan fingerprint density at radius 2 is 1.92 bits per heavy atom. The molecule has 0 aliphatic carbocycles. The number of thiophene rings is 1.